The smallest absolute Gasteiger partial charge is 0.481 e. The van der Waals surface area contributed by atoms with Crippen LogP contribution in [0.15, 0.2) is 36.4 Å². The number of nitrogens with zero attached hydrogens (tertiary/aromatic N) is 5. The van der Waals surface area contributed by atoms with Crippen LogP contribution in [-0.4, -0.2) is 130 Å². The summed E-state index contributed by atoms with van der Waals surface area (Å²) in [6.45, 7) is 2.80. The van der Waals surface area contributed by atoms with Gasteiger partial charge in [0.25, 0.3) is 11.8 Å². The highest BCUT2D eigenvalue weighted by molar-refractivity contribution is 5.96. The zero-order valence-corrected chi connectivity index (χ0v) is 28.7. The van der Waals surface area contributed by atoms with Crippen molar-refractivity contribution >= 4 is 35.8 Å². The van der Waals surface area contributed by atoms with E-state index < -0.39 is 42.6 Å². The molecule has 2 atom stereocenters. The first-order chi connectivity index (χ1) is 24.6. The molecule has 2 aromatic rings. The van der Waals surface area contributed by atoms with E-state index in [-0.39, 0.29) is 75.1 Å². The number of para-hydroxylation sites is 1. The van der Waals surface area contributed by atoms with Crippen molar-refractivity contribution in [3.05, 3.63) is 42.1 Å². The Morgan fingerprint density at radius 1 is 0.980 bits per heavy atom. The lowest BCUT2D eigenvalue weighted by Crippen LogP contribution is -2.55. The number of aliphatic carboxylic acids is 1. The van der Waals surface area contributed by atoms with Crippen LogP contribution < -0.4 is 15.4 Å². The van der Waals surface area contributed by atoms with E-state index in [1.54, 1.807) is 30.3 Å². The quantitative estimate of drug-likeness (QED) is 0.225. The van der Waals surface area contributed by atoms with Crippen molar-refractivity contribution in [2.75, 3.05) is 45.9 Å². The summed E-state index contributed by atoms with van der Waals surface area (Å²) < 4.78 is 12.2. The molecule has 276 valence electrons. The number of hydrogen-bond donors (Lipinski definition) is 3. The van der Waals surface area contributed by atoms with Crippen LogP contribution in [0.2, 0.25) is 0 Å². The molecule has 1 aromatic heterocycles. The second-order valence-electron chi connectivity index (χ2n) is 12.7. The van der Waals surface area contributed by atoms with Gasteiger partial charge in [-0.3, -0.25) is 24.0 Å². The van der Waals surface area contributed by atoms with Gasteiger partial charge in [-0.1, -0.05) is 25.1 Å². The Labute approximate surface area is 295 Å². The third-order valence-electron chi connectivity index (χ3n) is 9.01. The van der Waals surface area contributed by atoms with Gasteiger partial charge in [-0.2, -0.15) is 5.10 Å². The van der Waals surface area contributed by atoms with Crippen molar-refractivity contribution in [1.29, 1.82) is 0 Å². The molecule has 1 aliphatic carbocycles. The lowest BCUT2D eigenvalue weighted by atomic mass is 9.93. The first-order valence-corrected chi connectivity index (χ1v) is 17.4. The van der Waals surface area contributed by atoms with E-state index >= 15 is 0 Å². The Kier molecular flexibility index (Phi) is 12.8. The zero-order valence-electron chi connectivity index (χ0n) is 28.7. The summed E-state index contributed by atoms with van der Waals surface area (Å²) in [5.41, 5.74) is 0.409. The van der Waals surface area contributed by atoms with Crippen LogP contribution >= 0.6 is 0 Å². The number of amides is 4. The molecular formula is C34H45N7O10. The molecule has 17 nitrogen and oxygen atoms in total. The predicted octanol–water partition coefficient (Wildman–Crippen LogP) is 1.50. The number of carbonyl (C=O) groups is 6. The average Bonchev–Trinajstić information content (AvgIpc) is 3.78. The van der Waals surface area contributed by atoms with E-state index in [0.717, 1.165) is 19.3 Å². The Balaban J connectivity index is 1.25. The van der Waals surface area contributed by atoms with Crippen LogP contribution in [0.5, 0.6) is 5.88 Å². The van der Waals surface area contributed by atoms with Gasteiger partial charge in [0.15, 0.2) is 12.3 Å². The summed E-state index contributed by atoms with van der Waals surface area (Å²) in [6, 6.07) is 8.53. The fourth-order valence-corrected chi connectivity index (χ4v) is 6.03. The molecule has 2 saturated heterocycles. The molecule has 0 unspecified atom stereocenters. The number of ether oxygens (including phenoxy) is 2. The van der Waals surface area contributed by atoms with Gasteiger partial charge >= 0.3 is 12.1 Å². The number of benzene rings is 1. The molecule has 3 aliphatic rings. The first-order valence-electron chi connectivity index (χ1n) is 17.4. The molecule has 5 rings (SSSR count). The maximum atomic E-state index is 13.6. The summed E-state index contributed by atoms with van der Waals surface area (Å²) in [7, 11) is 0. The Morgan fingerprint density at radius 2 is 1.73 bits per heavy atom. The molecule has 51 heavy (non-hydrogen) atoms. The van der Waals surface area contributed by atoms with Crippen LogP contribution in [0.25, 0.3) is 5.69 Å². The lowest BCUT2D eigenvalue weighted by molar-refractivity contribution is -0.158. The van der Waals surface area contributed by atoms with Crippen LogP contribution in [0, 0.1) is 0 Å². The van der Waals surface area contributed by atoms with Crippen LogP contribution in [0.3, 0.4) is 0 Å². The monoisotopic (exact) mass is 711 g/mol. The van der Waals surface area contributed by atoms with Crippen molar-refractivity contribution in [3.63, 3.8) is 0 Å². The minimum atomic E-state index is -1.19. The van der Waals surface area contributed by atoms with E-state index in [1.807, 2.05) is 6.92 Å². The van der Waals surface area contributed by atoms with Crippen LogP contribution in [-0.2, 0) is 28.8 Å². The summed E-state index contributed by atoms with van der Waals surface area (Å²) in [4.78, 5) is 84.7. The van der Waals surface area contributed by atoms with Crippen molar-refractivity contribution < 1.29 is 48.2 Å². The summed E-state index contributed by atoms with van der Waals surface area (Å²) >= 11 is 0. The van der Waals surface area contributed by atoms with Gasteiger partial charge in [0.05, 0.1) is 25.4 Å². The van der Waals surface area contributed by atoms with E-state index in [1.165, 1.54) is 25.6 Å². The number of carboxylic acid groups (broad SMARTS) is 1. The number of aromatic nitrogens is 2. The molecule has 3 fully saturated rings. The van der Waals surface area contributed by atoms with E-state index in [0.29, 0.717) is 31.5 Å². The number of nitrogens with one attached hydrogen (secondary N) is 2. The molecule has 2 aliphatic heterocycles. The van der Waals surface area contributed by atoms with Gasteiger partial charge in [-0.15, -0.1) is 5.06 Å². The summed E-state index contributed by atoms with van der Waals surface area (Å²) in [5, 5.41) is 20.8. The largest absolute Gasteiger partial charge is 0.527 e. The zero-order chi connectivity index (χ0) is 36.3. The number of hydroxylamine groups is 2. The molecule has 17 heteroatoms. The van der Waals surface area contributed by atoms with Gasteiger partial charge in [-0.05, 0) is 57.1 Å². The van der Waals surface area contributed by atoms with Crippen molar-refractivity contribution in [3.8, 4) is 11.6 Å². The lowest BCUT2D eigenvalue weighted by Gasteiger charge is -2.35. The number of carbonyl (C=O) groups excluding carboxylic acids is 5. The Bertz CT molecular complexity index is 1560. The number of hydrogen-bond acceptors (Lipinski definition) is 11. The molecule has 4 amide bonds. The fourth-order valence-electron chi connectivity index (χ4n) is 6.03. The normalized spacial score (nSPS) is 18.3. The maximum Gasteiger partial charge on any atom is 0.527 e. The van der Waals surface area contributed by atoms with Gasteiger partial charge < -0.3 is 39.9 Å². The van der Waals surface area contributed by atoms with Gasteiger partial charge in [0.2, 0.25) is 17.7 Å². The van der Waals surface area contributed by atoms with Gasteiger partial charge in [0.1, 0.15) is 12.1 Å². The Hall–Kier alpha value is -5.19. The van der Waals surface area contributed by atoms with E-state index in [2.05, 4.69) is 15.7 Å². The van der Waals surface area contributed by atoms with E-state index in [4.69, 9.17) is 14.3 Å². The first kappa shape index (κ1) is 37.1. The third-order valence-corrected chi connectivity index (χ3v) is 9.01. The maximum absolute atomic E-state index is 13.6. The fraction of sp³-hybridized carbons (Fsp3) is 0.559. The predicted molar refractivity (Wildman–Crippen MR) is 179 cm³/mol. The summed E-state index contributed by atoms with van der Waals surface area (Å²) in [5.74, 6) is -2.85. The number of piperazine rings is 1. The topological polar surface area (TPSA) is 202 Å². The number of rotatable bonds is 15. The Morgan fingerprint density at radius 3 is 2.39 bits per heavy atom. The standard InChI is InChI=1S/C34H45N7O10/c1-2-20-49-34(48)51-39-18-16-38(17-19-39)33(47)25(13-14-30(43)44)36-31(45)26-21-29(41(37-26)24-10-4-3-5-11-24)50-22-28(42)40-15-7-12-27(40)32(46)35-23-8-6-9-23/h3-5,10-11,21,23,25,27H,2,6-9,12-20,22H2,1H3,(H,35,46)(H,36,45)(H,43,44)/t25-,27-/m0/s1. The second kappa shape index (κ2) is 17.6. The van der Waals surface area contributed by atoms with E-state index in [9.17, 15) is 33.9 Å². The second-order valence-corrected chi connectivity index (χ2v) is 12.7. The van der Waals surface area contributed by atoms with Crippen molar-refractivity contribution in [2.45, 2.75) is 76.4 Å². The minimum absolute atomic E-state index is 0.0800. The van der Waals surface area contributed by atoms with Crippen LogP contribution in [0.4, 0.5) is 4.79 Å². The molecule has 1 saturated carbocycles. The minimum Gasteiger partial charge on any atom is -0.481 e. The molecule has 0 bridgehead atoms. The molecular weight excluding hydrogens is 666 g/mol. The highest BCUT2D eigenvalue weighted by Gasteiger charge is 2.36. The molecule has 3 N–H and O–H groups in total. The average molecular weight is 712 g/mol. The number of carboxylic acids is 1. The molecule has 0 spiro atoms. The third kappa shape index (κ3) is 9.96. The van der Waals surface area contributed by atoms with Gasteiger partial charge in [-0.25, -0.2) is 9.48 Å². The SMILES string of the molecule is CCCOC(=O)ON1CCN(C(=O)[C@H](CCC(=O)O)NC(=O)c2cc(OCC(=O)N3CCC[C@H]3C(=O)NC3CCC3)n(-c3ccccc3)n2)CC1. The van der Waals surface area contributed by atoms with Crippen LogP contribution in [0.1, 0.15) is 68.8 Å². The molecule has 3 heterocycles. The van der Waals surface area contributed by atoms with Crippen molar-refractivity contribution in [1.82, 2.24) is 35.3 Å². The highest BCUT2D eigenvalue weighted by Crippen LogP contribution is 2.24. The molecule has 0 radical (unpaired) electrons. The van der Waals surface area contributed by atoms with Gasteiger partial charge in [0, 0.05) is 38.2 Å². The molecule has 1 aromatic carbocycles. The summed E-state index contributed by atoms with van der Waals surface area (Å²) in [6.07, 6.45) is 3.46. The number of likely N-dealkylation sites (tertiary alicyclic amines) is 1. The highest BCUT2D eigenvalue weighted by atomic mass is 16.8. The van der Waals surface area contributed by atoms with Crippen molar-refractivity contribution in [2.24, 2.45) is 0 Å².